The van der Waals surface area contributed by atoms with E-state index in [0.717, 1.165) is 25.7 Å². The Kier molecular flexibility index (Phi) is 7.53. The van der Waals surface area contributed by atoms with Gasteiger partial charge in [0.05, 0.1) is 19.0 Å². The van der Waals surface area contributed by atoms with Crippen molar-refractivity contribution in [3.05, 3.63) is 23.9 Å². The summed E-state index contributed by atoms with van der Waals surface area (Å²) in [6.45, 7) is 1.92. The van der Waals surface area contributed by atoms with Crippen LogP contribution >= 0.6 is 0 Å². The minimum absolute atomic E-state index is 0.0368. The first kappa shape index (κ1) is 24.0. The number of aromatic nitrogens is 1. The molecule has 1 aliphatic carbocycles. The summed E-state index contributed by atoms with van der Waals surface area (Å²) in [4.78, 5) is 4.05. The van der Waals surface area contributed by atoms with Crippen molar-refractivity contribution in [1.29, 1.82) is 0 Å². The number of morpholine rings is 1. The molecule has 0 amide bonds. The smallest absolute Gasteiger partial charge is 0.282 e. The zero-order valence-corrected chi connectivity index (χ0v) is 20.1. The van der Waals surface area contributed by atoms with Crippen LogP contribution in [0.5, 0.6) is 0 Å². The molecular formula is C21H34N4O5S2. The highest BCUT2D eigenvalue weighted by Gasteiger charge is 2.46. The Morgan fingerprint density at radius 3 is 2.47 bits per heavy atom. The van der Waals surface area contributed by atoms with Crippen LogP contribution in [-0.2, 0) is 31.3 Å². The van der Waals surface area contributed by atoms with Crippen molar-refractivity contribution in [3.63, 3.8) is 0 Å². The van der Waals surface area contributed by atoms with Gasteiger partial charge >= 0.3 is 0 Å². The molecule has 9 nitrogen and oxygen atoms in total. The number of hydrogen-bond donors (Lipinski definition) is 1. The lowest BCUT2D eigenvalue weighted by Gasteiger charge is -2.33. The summed E-state index contributed by atoms with van der Waals surface area (Å²) in [6.07, 6.45) is 7.75. The van der Waals surface area contributed by atoms with Crippen molar-refractivity contribution in [2.45, 2.75) is 56.1 Å². The second kappa shape index (κ2) is 10.0. The Balaban J connectivity index is 1.60. The zero-order valence-electron chi connectivity index (χ0n) is 18.4. The molecular weight excluding hydrogens is 452 g/mol. The summed E-state index contributed by atoms with van der Waals surface area (Å²) < 4.78 is 61.7. The Morgan fingerprint density at radius 2 is 1.78 bits per heavy atom. The third-order valence-corrected chi connectivity index (χ3v) is 10.8. The van der Waals surface area contributed by atoms with Gasteiger partial charge in [-0.2, -0.15) is 17.0 Å². The molecule has 2 aliphatic heterocycles. The number of nitrogens with zero attached hydrogens (tertiary/aromatic N) is 3. The Labute approximate surface area is 191 Å². The van der Waals surface area contributed by atoms with Crippen LogP contribution in [-0.4, -0.2) is 75.1 Å². The van der Waals surface area contributed by atoms with Gasteiger partial charge in [-0.25, -0.2) is 13.4 Å². The third kappa shape index (κ3) is 5.18. The summed E-state index contributed by atoms with van der Waals surface area (Å²) in [5, 5.41) is -0.0368. The molecule has 0 unspecified atom stereocenters. The van der Waals surface area contributed by atoms with E-state index in [1.54, 1.807) is 6.07 Å². The van der Waals surface area contributed by atoms with Crippen molar-refractivity contribution < 1.29 is 21.6 Å². The standard InChI is InChI=1S/C21H34N4O5S2/c22-14-17-6-7-23-21(12-17)31(26,27)16-20-13-19(18-4-2-1-3-5-18)15-25(20)32(28,29)24-8-10-30-11-9-24/h6-7,12,18-20H,1-5,8-11,13-16,22H2/t19-,20+/m1/s1. The molecule has 2 saturated heterocycles. The SMILES string of the molecule is NCc1ccnc(S(=O)(=O)C[C@@H]2C[C@@H](C3CCCCC3)CN2S(=O)(=O)N2CCOCC2)c1. The predicted molar refractivity (Wildman–Crippen MR) is 121 cm³/mol. The van der Waals surface area contributed by atoms with Crippen LogP contribution in [0.2, 0.25) is 0 Å². The van der Waals surface area contributed by atoms with Crippen molar-refractivity contribution in [2.75, 3.05) is 38.6 Å². The molecule has 180 valence electrons. The predicted octanol–water partition coefficient (Wildman–Crippen LogP) is 1.16. The largest absolute Gasteiger partial charge is 0.379 e. The number of pyridine rings is 1. The average molecular weight is 487 g/mol. The topological polar surface area (TPSA) is 123 Å². The lowest BCUT2D eigenvalue weighted by molar-refractivity contribution is 0.0699. The van der Waals surface area contributed by atoms with Gasteiger partial charge in [0.15, 0.2) is 14.9 Å². The molecule has 0 aromatic carbocycles. The Bertz CT molecular complexity index is 989. The van der Waals surface area contributed by atoms with Gasteiger partial charge < -0.3 is 10.5 Å². The van der Waals surface area contributed by atoms with E-state index in [1.807, 2.05) is 0 Å². The van der Waals surface area contributed by atoms with Crippen LogP contribution in [0.15, 0.2) is 23.4 Å². The van der Waals surface area contributed by atoms with Crippen LogP contribution in [0.25, 0.3) is 0 Å². The number of nitrogens with two attached hydrogens (primary N) is 1. The van der Waals surface area contributed by atoms with E-state index in [1.165, 1.54) is 27.3 Å². The fourth-order valence-electron chi connectivity index (χ4n) is 5.31. The van der Waals surface area contributed by atoms with Crippen molar-refractivity contribution >= 4 is 20.0 Å². The molecule has 2 atom stereocenters. The molecule has 4 rings (SSSR count). The number of hydrogen-bond acceptors (Lipinski definition) is 7. The highest BCUT2D eigenvalue weighted by Crippen LogP contribution is 2.39. The van der Waals surface area contributed by atoms with Crippen LogP contribution < -0.4 is 5.73 Å². The average Bonchev–Trinajstić information content (AvgIpc) is 3.24. The Morgan fingerprint density at radius 1 is 1.06 bits per heavy atom. The molecule has 11 heteroatoms. The lowest BCUT2D eigenvalue weighted by Crippen LogP contribution is -2.51. The second-order valence-corrected chi connectivity index (χ2v) is 13.0. The Hall–Kier alpha value is -1.11. The number of sulfone groups is 1. The molecule has 1 saturated carbocycles. The van der Waals surface area contributed by atoms with Gasteiger partial charge in [0.25, 0.3) is 10.2 Å². The molecule has 3 fully saturated rings. The van der Waals surface area contributed by atoms with Crippen LogP contribution in [0.1, 0.15) is 44.1 Å². The third-order valence-electron chi connectivity index (χ3n) is 7.07. The van der Waals surface area contributed by atoms with Crippen LogP contribution in [0.4, 0.5) is 0 Å². The number of ether oxygens (including phenoxy) is 1. The van der Waals surface area contributed by atoms with Gasteiger partial charge in [-0.3, -0.25) is 0 Å². The monoisotopic (exact) mass is 486 g/mol. The van der Waals surface area contributed by atoms with E-state index >= 15 is 0 Å². The van der Waals surface area contributed by atoms with Gasteiger partial charge in [0.1, 0.15) is 0 Å². The maximum Gasteiger partial charge on any atom is 0.282 e. The first-order chi connectivity index (χ1) is 15.3. The molecule has 2 N–H and O–H groups in total. The molecule has 1 aromatic rings. The molecule has 3 heterocycles. The molecule has 0 spiro atoms. The molecule has 0 bridgehead atoms. The molecule has 32 heavy (non-hydrogen) atoms. The first-order valence-electron chi connectivity index (χ1n) is 11.5. The fraction of sp³-hybridized carbons (Fsp3) is 0.762. The minimum atomic E-state index is -3.77. The van der Waals surface area contributed by atoms with Gasteiger partial charge in [0, 0.05) is 38.4 Å². The summed E-state index contributed by atoms with van der Waals surface area (Å²) in [5.74, 6) is 0.382. The second-order valence-electron chi connectivity index (χ2n) is 9.12. The quantitative estimate of drug-likeness (QED) is 0.613. The fourth-order valence-corrected chi connectivity index (χ4v) is 8.78. The summed E-state index contributed by atoms with van der Waals surface area (Å²) in [6, 6.07) is 2.58. The van der Waals surface area contributed by atoms with Gasteiger partial charge in [-0.05, 0) is 36.0 Å². The van der Waals surface area contributed by atoms with Crippen molar-refractivity contribution in [2.24, 2.45) is 17.6 Å². The van der Waals surface area contributed by atoms with Crippen LogP contribution in [0, 0.1) is 11.8 Å². The molecule has 1 aromatic heterocycles. The van der Waals surface area contributed by atoms with E-state index in [9.17, 15) is 16.8 Å². The first-order valence-corrected chi connectivity index (χ1v) is 14.6. The molecule has 0 radical (unpaired) electrons. The highest BCUT2D eigenvalue weighted by molar-refractivity contribution is 7.91. The van der Waals surface area contributed by atoms with E-state index in [4.69, 9.17) is 10.5 Å². The van der Waals surface area contributed by atoms with E-state index in [0.29, 0.717) is 50.8 Å². The summed E-state index contributed by atoms with van der Waals surface area (Å²) in [7, 11) is -7.54. The van der Waals surface area contributed by atoms with E-state index in [2.05, 4.69) is 4.98 Å². The molecule has 3 aliphatic rings. The van der Waals surface area contributed by atoms with Gasteiger partial charge in [0.2, 0.25) is 0 Å². The van der Waals surface area contributed by atoms with Crippen LogP contribution in [0.3, 0.4) is 0 Å². The lowest BCUT2D eigenvalue weighted by atomic mass is 9.79. The minimum Gasteiger partial charge on any atom is -0.379 e. The van der Waals surface area contributed by atoms with Crippen molar-refractivity contribution in [1.82, 2.24) is 13.6 Å². The summed E-state index contributed by atoms with van der Waals surface area (Å²) in [5.41, 5.74) is 6.35. The number of rotatable bonds is 7. The summed E-state index contributed by atoms with van der Waals surface area (Å²) >= 11 is 0. The van der Waals surface area contributed by atoms with Gasteiger partial charge in [-0.15, -0.1) is 0 Å². The van der Waals surface area contributed by atoms with Crippen molar-refractivity contribution in [3.8, 4) is 0 Å². The highest BCUT2D eigenvalue weighted by atomic mass is 32.2. The zero-order chi connectivity index (χ0) is 22.8. The van der Waals surface area contributed by atoms with Gasteiger partial charge in [-0.1, -0.05) is 32.1 Å². The normalized spacial score (nSPS) is 27.0. The van der Waals surface area contributed by atoms with E-state index < -0.39 is 26.1 Å². The maximum absolute atomic E-state index is 13.5. The van der Waals surface area contributed by atoms with E-state index in [-0.39, 0.29) is 23.2 Å². The maximum atomic E-state index is 13.5.